The predicted molar refractivity (Wildman–Crippen MR) is 72.0 cm³/mol. The fourth-order valence-electron chi connectivity index (χ4n) is 1.71. The second-order valence-electron chi connectivity index (χ2n) is 4.56. The van der Waals surface area contributed by atoms with E-state index in [0.29, 0.717) is 11.4 Å². The Hall–Kier alpha value is -2.07. The Balaban J connectivity index is 3.32. The molecule has 4 heteroatoms. The van der Waals surface area contributed by atoms with Gasteiger partial charge in [-0.1, -0.05) is 19.8 Å². The van der Waals surface area contributed by atoms with E-state index in [1.165, 1.54) is 0 Å². The van der Waals surface area contributed by atoms with Gasteiger partial charge in [-0.25, -0.2) is 0 Å². The molecule has 1 heterocycles. The van der Waals surface area contributed by atoms with E-state index in [-0.39, 0.29) is 0 Å². The topological polar surface area (TPSA) is 61.6 Å². The van der Waals surface area contributed by atoms with Crippen LogP contribution < -0.4 is 5.32 Å². The Morgan fingerprint density at radius 2 is 1.94 bits per heavy atom. The first-order valence-electron chi connectivity index (χ1n) is 6.03. The molecule has 0 aliphatic rings. The number of nitriles is 1. The summed E-state index contributed by atoms with van der Waals surface area (Å²) in [6.07, 6.45) is 6.95. The van der Waals surface area contributed by atoms with Crippen molar-refractivity contribution in [2.24, 2.45) is 0 Å². The van der Waals surface area contributed by atoms with Crippen LogP contribution in [0.5, 0.6) is 0 Å². The third-order valence-corrected chi connectivity index (χ3v) is 2.75. The van der Waals surface area contributed by atoms with Gasteiger partial charge in [0.2, 0.25) is 0 Å². The van der Waals surface area contributed by atoms with Crippen LogP contribution in [-0.2, 0) is 12.8 Å². The molecule has 0 bridgehead atoms. The Morgan fingerprint density at radius 1 is 1.28 bits per heavy atom. The van der Waals surface area contributed by atoms with Crippen LogP contribution in [0.2, 0.25) is 0 Å². The van der Waals surface area contributed by atoms with Crippen molar-refractivity contribution in [3.8, 4) is 18.4 Å². The summed E-state index contributed by atoms with van der Waals surface area (Å²) < 4.78 is 0. The van der Waals surface area contributed by atoms with E-state index in [2.05, 4.69) is 27.5 Å². The largest absolute Gasteiger partial charge is 0.352 e. The summed E-state index contributed by atoms with van der Waals surface area (Å²) in [6.45, 7) is 7.72. The zero-order valence-corrected chi connectivity index (χ0v) is 11.3. The molecule has 0 aliphatic heterocycles. The molecule has 4 nitrogen and oxygen atoms in total. The molecule has 0 saturated heterocycles. The molecule has 0 fully saturated rings. The van der Waals surface area contributed by atoms with Gasteiger partial charge in [0.1, 0.15) is 11.6 Å². The predicted octanol–water partition coefficient (Wildman–Crippen LogP) is 2.30. The van der Waals surface area contributed by atoms with Gasteiger partial charge < -0.3 is 5.32 Å². The van der Waals surface area contributed by atoms with Gasteiger partial charge in [0.05, 0.1) is 11.2 Å². The molecule has 0 radical (unpaired) electrons. The maximum absolute atomic E-state index is 9.31. The Labute approximate surface area is 108 Å². The van der Waals surface area contributed by atoms with Crippen molar-refractivity contribution < 1.29 is 0 Å². The Kier molecular flexibility index (Phi) is 4.28. The van der Waals surface area contributed by atoms with Crippen LogP contribution in [-0.4, -0.2) is 15.7 Å². The molecular weight excluding hydrogens is 224 g/mol. The summed E-state index contributed by atoms with van der Waals surface area (Å²) in [5.41, 5.74) is 1.81. The molecule has 1 N–H and O–H groups in total. The molecule has 1 aromatic rings. The lowest BCUT2D eigenvalue weighted by atomic mass is 10.0. The van der Waals surface area contributed by atoms with E-state index in [1.54, 1.807) is 0 Å². The maximum atomic E-state index is 9.31. The van der Waals surface area contributed by atoms with Crippen LogP contribution >= 0.6 is 0 Å². The molecule has 1 rings (SSSR count). The van der Waals surface area contributed by atoms with Crippen molar-refractivity contribution in [1.82, 2.24) is 10.2 Å². The number of terminal acetylenes is 1. The van der Waals surface area contributed by atoms with Gasteiger partial charge >= 0.3 is 0 Å². The molecule has 18 heavy (non-hydrogen) atoms. The quantitative estimate of drug-likeness (QED) is 0.823. The second-order valence-corrected chi connectivity index (χ2v) is 4.56. The number of anilines is 1. The van der Waals surface area contributed by atoms with E-state index in [9.17, 15) is 5.26 Å². The first-order valence-corrected chi connectivity index (χ1v) is 6.03. The molecule has 0 spiro atoms. The smallest absolute Gasteiger partial charge is 0.168 e. The molecule has 0 atom stereocenters. The molecule has 0 amide bonds. The summed E-state index contributed by atoms with van der Waals surface area (Å²) in [5.74, 6) is 3.09. The van der Waals surface area contributed by atoms with Crippen LogP contribution in [0.25, 0.3) is 0 Å². The number of nitrogens with one attached hydrogen (secondary N) is 1. The van der Waals surface area contributed by atoms with Crippen molar-refractivity contribution in [2.75, 3.05) is 5.32 Å². The number of rotatable bonds is 4. The van der Waals surface area contributed by atoms with Crippen LogP contribution in [0.3, 0.4) is 0 Å². The second kappa shape index (κ2) is 5.51. The molecule has 0 aliphatic carbocycles. The number of hydrogen-bond acceptors (Lipinski definition) is 4. The van der Waals surface area contributed by atoms with Gasteiger partial charge in [0.25, 0.3) is 0 Å². The van der Waals surface area contributed by atoms with Crippen LogP contribution in [0, 0.1) is 23.7 Å². The van der Waals surface area contributed by atoms with Crippen LogP contribution in [0.1, 0.15) is 44.5 Å². The zero-order chi connectivity index (χ0) is 13.8. The highest BCUT2D eigenvalue weighted by molar-refractivity contribution is 5.58. The summed E-state index contributed by atoms with van der Waals surface area (Å²) in [6, 6.07) is 2.20. The lowest BCUT2D eigenvalue weighted by Crippen LogP contribution is -2.30. The highest BCUT2D eigenvalue weighted by Crippen LogP contribution is 2.22. The fourth-order valence-corrected chi connectivity index (χ4v) is 1.71. The fraction of sp³-hybridized carbons (Fsp3) is 0.500. The minimum absolute atomic E-state index is 0.467. The van der Waals surface area contributed by atoms with Crippen molar-refractivity contribution in [1.29, 1.82) is 5.26 Å². The minimum atomic E-state index is -0.557. The average molecular weight is 242 g/mol. The zero-order valence-electron chi connectivity index (χ0n) is 11.3. The number of aryl methyl sites for hydroxylation is 1. The minimum Gasteiger partial charge on any atom is -0.352 e. The lowest BCUT2D eigenvalue weighted by Gasteiger charge is -2.21. The van der Waals surface area contributed by atoms with Crippen molar-refractivity contribution in [2.45, 2.75) is 46.1 Å². The van der Waals surface area contributed by atoms with Crippen LogP contribution in [0.15, 0.2) is 0 Å². The maximum Gasteiger partial charge on any atom is 0.168 e. The van der Waals surface area contributed by atoms with E-state index in [1.807, 2.05) is 27.7 Å². The van der Waals surface area contributed by atoms with Gasteiger partial charge in [0, 0.05) is 0 Å². The number of aromatic nitrogens is 2. The third kappa shape index (κ3) is 2.78. The summed E-state index contributed by atoms with van der Waals surface area (Å²) in [5, 5.41) is 20.6. The molecule has 0 saturated carbocycles. The first-order chi connectivity index (χ1) is 8.49. The Morgan fingerprint density at radius 3 is 2.39 bits per heavy atom. The Bertz CT molecular complexity index is 518. The van der Waals surface area contributed by atoms with E-state index >= 15 is 0 Å². The SMILES string of the molecule is C#CC(C)(C)Nc1nnc(CC)c(CC)c1C#N. The molecular formula is C14H18N4. The summed E-state index contributed by atoms with van der Waals surface area (Å²) in [7, 11) is 0. The third-order valence-electron chi connectivity index (χ3n) is 2.75. The monoisotopic (exact) mass is 242 g/mol. The van der Waals surface area contributed by atoms with Gasteiger partial charge in [0.15, 0.2) is 5.82 Å². The van der Waals surface area contributed by atoms with Gasteiger partial charge in [-0.3, -0.25) is 0 Å². The van der Waals surface area contributed by atoms with Crippen molar-refractivity contribution >= 4 is 5.82 Å². The van der Waals surface area contributed by atoms with E-state index < -0.39 is 5.54 Å². The van der Waals surface area contributed by atoms with Gasteiger partial charge in [-0.15, -0.1) is 11.5 Å². The van der Waals surface area contributed by atoms with Gasteiger partial charge in [-0.05, 0) is 32.3 Å². The first kappa shape index (κ1) is 14.0. The van der Waals surface area contributed by atoms with Crippen molar-refractivity contribution in [3.63, 3.8) is 0 Å². The molecule has 0 aromatic carbocycles. The molecule has 1 aromatic heterocycles. The van der Waals surface area contributed by atoms with Crippen molar-refractivity contribution in [3.05, 3.63) is 16.8 Å². The number of hydrogen-bond donors (Lipinski definition) is 1. The lowest BCUT2D eigenvalue weighted by molar-refractivity contribution is 0.726. The van der Waals surface area contributed by atoms with E-state index in [0.717, 1.165) is 24.1 Å². The number of nitrogens with zero attached hydrogens (tertiary/aromatic N) is 3. The standard InChI is InChI=1S/C14H18N4/c1-6-10-11(9-15)13(16-14(4,5)8-3)18-17-12(10)7-2/h3H,6-7H2,1-2,4-5H3,(H,16,18). The molecule has 94 valence electrons. The summed E-state index contributed by atoms with van der Waals surface area (Å²) >= 11 is 0. The van der Waals surface area contributed by atoms with E-state index in [4.69, 9.17) is 6.42 Å². The van der Waals surface area contributed by atoms with Crippen LogP contribution in [0.4, 0.5) is 5.82 Å². The normalized spacial score (nSPS) is 10.6. The highest BCUT2D eigenvalue weighted by atomic mass is 15.2. The van der Waals surface area contributed by atoms with Gasteiger partial charge in [-0.2, -0.15) is 10.4 Å². The summed E-state index contributed by atoms with van der Waals surface area (Å²) in [4.78, 5) is 0. The highest BCUT2D eigenvalue weighted by Gasteiger charge is 2.20. The molecule has 0 unspecified atom stereocenters. The average Bonchev–Trinajstić information content (AvgIpc) is 2.37.